The minimum Gasteiger partial charge on any atom is -0.460 e. The summed E-state index contributed by atoms with van der Waals surface area (Å²) in [4.78, 5) is 26.4. The first-order valence-electron chi connectivity index (χ1n) is 9.19. The minimum absolute atomic E-state index is 0.0123. The first kappa shape index (κ1) is 15.4. The highest BCUT2D eigenvalue weighted by Gasteiger charge is 2.57. The summed E-state index contributed by atoms with van der Waals surface area (Å²) in [6.45, 7) is 4.98. The van der Waals surface area contributed by atoms with Crippen molar-refractivity contribution >= 4 is 11.9 Å². The lowest BCUT2D eigenvalue weighted by Crippen LogP contribution is -2.52. The molecule has 0 bridgehead atoms. The van der Waals surface area contributed by atoms with Gasteiger partial charge in [-0.2, -0.15) is 0 Å². The average Bonchev–Trinajstić information content (AvgIpc) is 3.11. The highest BCUT2D eigenvalue weighted by atomic mass is 16.6. The predicted octanol–water partition coefficient (Wildman–Crippen LogP) is 2.28. The van der Waals surface area contributed by atoms with Crippen molar-refractivity contribution in [2.45, 2.75) is 82.6 Å². The summed E-state index contributed by atoms with van der Waals surface area (Å²) in [5, 5.41) is 0. The lowest BCUT2D eigenvalue weighted by molar-refractivity contribution is -0.156. The summed E-state index contributed by atoms with van der Waals surface area (Å²) in [6, 6.07) is 0.608. The second-order valence-corrected chi connectivity index (χ2v) is 8.06. The van der Waals surface area contributed by atoms with Gasteiger partial charge in [0.05, 0.1) is 17.9 Å². The van der Waals surface area contributed by atoms with E-state index in [0.717, 1.165) is 51.5 Å². The van der Waals surface area contributed by atoms with Crippen molar-refractivity contribution < 1.29 is 19.1 Å². The van der Waals surface area contributed by atoms with E-state index in [9.17, 15) is 9.59 Å². The molecule has 6 atom stereocenters. The van der Waals surface area contributed by atoms with Crippen LogP contribution in [-0.4, -0.2) is 47.2 Å². The first-order chi connectivity index (χ1) is 11.0. The summed E-state index contributed by atoms with van der Waals surface area (Å²) in [6.07, 6.45) is 7.02. The van der Waals surface area contributed by atoms with Crippen molar-refractivity contribution in [1.29, 1.82) is 0 Å². The Bertz CT molecular complexity index is 521. The van der Waals surface area contributed by atoms with Gasteiger partial charge in [0.2, 0.25) is 0 Å². The first-order valence-corrected chi connectivity index (χ1v) is 9.19. The monoisotopic (exact) mass is 321 g/mol. The van der Waals surface area contributed by atoms with Crippen molar-refractivity contribution in [3.63, 3.8) is 0 Å². The van der Waals surface area contributed by atoms with Crippen molar-refractivity contribution in [3.8, 4) is 0 Å². The van der Waals surface area contributed by atoms with E-state index in [1.807, 2.05) is 13.8 Å². The molecular formula is C18H27NO4. The van der Waals surface area contributed by atoms with E-state index in [2.05, 4.69) is 4.90 Å². The lowest BCUT2D eigenvalue weighted by Gasteiger charge is -2.39. The molecule has 4 saturated heterocycles. The average molecular weight is 321 g/mol. The normalized spacial score (nSPS) is 47.5. The number of carbonyl (C=O) groups is 2. The molecule has 0 aromatic heterocycles. The molecule has 0 aromatic carbocycles. The van der Waals surface area contributed by atoms with Crippen LogP contribution in [0.4, 0.5) is 0 Å². The Labute approximate surface area is 137 Å². The van der Waals surface area contributed by atoms with E-state index in [1.54, 1.807) is 0 Å². The molecule has 4 rings (SSSR count). The Morgan fingerprint density at radius 2 is 1.91 bits per heavy atom. The van der Waals surface area contributed by atoms with Gasteiger partial charge in [-0.1, -0.05) is 13.8 Å². The number of fused-ring (bicyclic) bond motifs is 2. The van der Waals surface area contributed by atoms with Crippen LogP contribution >= 0.6 is 0 Å². The molecule has 4 fully saturated rings. The van der Waals surface area contributed by atoms with E-state index in [1.165, 1.54) is 0 Å². The Balaban J connectivity index is 1.57. The van der Waals surface area contributed by atoms with Crippen molar-refractivity contribution in [3.05, 3.63) is 0 Å². The van der Waals surface area contributed by atoms with Crippen LogP contribution in [0.2, 0.25) is 0 Å². The van der Waals surface area contributed by atoms with Gasteiger partial charge in [0, 0.05) is 12.5 Å². The molecule has 5 nitrogen and oxygen atoms in total. The number of hydrogen-bond acceptors (Lipinski definition) is 5. The predicted molar refractivity (Wildman–Crippen MR) is 83.6 cm³/mol. The number of esters is 2. The molecule has 23 heavy (non-hydrogen) atoms. The molecule has 0 amide bonds. The molecule has 1 spiro atoms. The highest BCUT2D eigenvalue weighted by Crippen LogP contribution is 2.48. The van der Waals surface area contributed by atoms with Crippen LogP contribution in [0.1, 0.15) is 58.8 Å². The molecule has 0 aliphatic carbocycles. The van der Waals surface area contributed by atoms with Crippen LogP contribution < -0.4 is 0 Å². The van der Waals surface area contributed by atoms with Gasteiger partial charge in [0.25, 0.3) is 0 Å². The van der Waals surface area contributed by atoms with Gasteiger partial charge in [-0.3, -0.25) is 14.5 Å². The topological polar surface area (TPSA) is 55.8 Å². The molecule has 0 N–H and O–H groups in total. The summed E-state index contributed by atoms with van der Waals surface area (Å²) in [5.74, 6) is -0.0530. The van der Waals surface area contributed by atoms with Crippen LogP contribution in [0, 0.1) is 11.8 Å². The van der Waals surface area contributed by atoms with Crippen LogP contribution in [0.5, 0.6) is 0 Å². The SMILES string of the molecule is C[C@@H]1C[C@]2(CCCCN3C2CC[C@H]3C2C[C@H](C)C(=O)O2)OC1=O. The summed E-state index contributed by atoms with van der Waals surface area (Å²) < 4.78 is 11.6. The maximum absolute atomic E-state index is 12.1. The van der Waals surface area contributed by atoms with Crippen molar-refractivity contribution in [1.82, 2.24) is 4.90 Å². The van der Waals surface area contributed by atoms with E-state index in [-0.39, 0.29) is 35.5 Å². The fourth-order valence-electron chi connectivity index (χ4n) is 5.36. The fourth-order valence-corrected chi connectivity index (χ4v) is 5.36. The van der Waals surface area contributed by atoms with Gasteiger partial charge >= 0.3 is 11.9 Å². The molecular weight excluding hydrogens is 294 g/mol. The zero-order valence-electron chi connectivity index (χ0n) is 14.1. The standard InChI is InChI=1S/C18H27NO4/c1-11-9-14(22-16(11)20)13-5-6-15-18(7-3-4-8-19(13)15)10-12(2)17(21)23-18/h11-15H,3-10H2,1-2H3/t11-,12+,13-,14?,15?,18-/m0/s1. The second kappa shape index (κ2) is 5.47. The van der Waals surface area contributed by atoms with Gasteiger partial charge in [0.1, 0.15) is 11.7 Å². The second-order valence-electron chi connectivity index (χ2n) is 8.06. The molecule has 4 aliphatic heterocycles. The highest BCUT2D eigenvalue weighted by molar-refractivity contribution is 5.75. The molecule has 0 aromatic rings. The van der Waals surface area contributed by atoms with Crippen LogP contribution in [-0.2, 0) is 19.1 Å². The third-order valence-corrected chi connectivity index (χ3v) is 6.48. The third kappa shape index (κ3) is 2.39. The van der Waals surface area contributed by atoms with Crippen LogP contribution in [0.15, 0.2) is 0 Å². The Morgan fingerprint density at radius 3 is 2.57 bits per heavy atom. The maximum Gasteiger partial charge on any atom is 0.309 e. The van der Waals surface area contributed by atoms with Gasteiger partial charge in [-0.05, 0) is 45.1 Å². The van der Waals surface area contributed by atoms with E-state index >= 15 is 0 Å². The molecule has 4 aliphatic rings. The lowest BCUT2D eigenvalue weighted by atomic mass is 9.83. The zero-order valence-corrected chi connectivity index (χ0v) is 14.1. The number of carbonyl (C=O) groups excluding carboxylic acids is 2. The Kier molecular flexibility index (Phi) is 3.67. The van der Waals surface area contributed by atoms with Gasteiger partial charge in [-0.15, -0.1) is 0 Å². The summed E-state index contributed by atoms with van der Waals surface area (Å²) in [7, 11) is 0. The number of rotatable bonds is 1. The maximum atomic E-state index is 12.1. The van der Waals surface area contributed by atoms with Crippen molar-refractivity contribution in [2.75, 3.05) is 6.54 Å². The van der Waals surface area contributed by atoms with Gasteiger partial charge in [-0.25, -0.2) is 0 Å². The van der Waals surface area contributed by atoms with Crippen molar-refractivity contribution in [2.24, 2.45) is 11.8 Å². The summed E-state index contributed by atoms with van der Waals surface area (Å²) in [5.41, 5.74) is -0.296. The molecule has 128 valence electrons. The molecule has 4 heterocycles. The molecule has 5 heteroatoms. The van der Waals surface area contributed by atoms with Crippen LogP contribution in [0.3, 0.4) is 0 Å². The van der Waals surface area contributed by atoms with Gasteiger partial charge in [0.15, 0.2) is 0 Å². The number of nitrogens with zero attached hydrogens (tertiary/aromatic N) is 1. The molecule has 0 saturated carbocycles. The number of hydrogen-bond donors (Lipinski definition) is 0. The largest absolute Gasteiger partial charge is 0.460 e. The molecule has 0 radical (unpaired) electrons. The minimum atomic E-state index is -0.296. The quantitative estimate of drug-likeness (QED) is 0.694. The number of ether oxygens (including phenoxy) is 2. The Hall–Kier alpha value is -1.10. The summed E-state index contributed by atoms with van der Waals surface area (Å²) >= 11 is 0. The zero-order chi connectivity index (χ0) is 16.2. The van der Waals surface area contributed by atoms with E-state index in [4.69, 9.17) is 9.47 Å². The fraction of sp³-hybridized carbons (Fsp3) is 0.889. The molecule has 2 unspecified atom stereocenters. The van der Waals surface area contributed by atoms with E-state index < -0.39 is 0 Å². The Morgan fingerprint density at radius 1 is 1.09 bits per heavy atom. The van der Waals surface area contributed by atoms with E-state index in [0.29, 0.717) is 12.1 Å². The van der Waals surface area contributed by atoms with Crippen LogP contribution in [0.25, 0.3) is 0 Å². The number of cyclic esters (lactones) is 1. The third-order valence-electron chi connectivity index (χ3n) is 6.48. The smallest absolute Gasteiger partial charge is 0.309 e. The van der Waals surface area contributed by atoms with Gasteiger partial charge < -0.3 is 9.47 Å².